The van der Waals surface area contributed by atoms with Crippen LogP contribution in [0.4, 0.5) is 0 Å². The van der Waals surface area contributed by atoms with E-state index in [0.717, 1.165) is 22.8 Å². The highest BCUT2D eigenvalue weighted by Crippen LogP contribution is 2.27. The van der Waals surface area contributed by atoms with E-state index in [1.54, 1.807) is 0 Å². The average Bonchev–Trinajstić information content (AvgIpc) is 2.31. The van der Waals surface area contributed by atoms with Crippen LogP contribution in [0.25, 0.3) is 0 Å². The lowest BCUT2D eigenvalue weighted by Gasteiger charge is -2.17. The van der Waals surface area contributed by atoms with Crippen molar-refractivity contribution in [2.45, 2.75) is 32.3 Å². The molecule has 0 saturated heterocycles. The predicted octanol–water partition coefficient (Wildman–Crippen LogP) is 5.09. The Morgan fingerprint density at radius 3 is 2.62 bits per heavy atom. The van der Waals surface area contributed by atoms with Crippen LogP contribution in [0.5, 0.6) is 0 Å². The topological polar surface area (TPSA) is 9.23 Å². The van der Waals surface area contributed by atoms with Gasteiger partial charge in [-0.1, -0.05) is 69.8 Å². The molecule has 0 spiro atoms. The van der Waals surface area contributed by atoms with Crippen molar-refractivity contribution in [1.82, 2.24) is 0 Å². The number of halogens is 2. The van der Waals surface area contributed by atoms with Crippen molar-refractivity contribution in [2.24, 2.45) is 0 Å². The van der Waals surface area contributed by atoms with Crippen molar-refractivity contribution in [3.63, 3.8) is 0 Å². The summed E-state index contributed by atoms with van der Waals surface area (Å²) in [6.07, 6.45) is 3.76. The molecule has 0 N–H and O–H groups in total. The second kappa shape index (κ2) is 8.26. The molecule has 0 aliphatic carbocycles. The summed E-state index contributed by atoms with van der Waals surface area (Å²) >= 11 is 7.07. The van der Waals surface area contributed by atoms with Crippen LogP contribution in [-0.4, -0.2) is 11.9 Å². The molecule has 0 aromatic heterocycles. The fourth-order valence-electron chi connectivity index (χ4n) is 1.53. The van der Waals surface area contributed by atoms with Gasteiger partial charge >= 0.3 is 0 Å². The highest BCUT2D eigenvalue weighted by molar-refractivity contribution is 9.10. The van der Waals surface area contributed by atoms with Gasteiger partial charge in [0.2, 0.25) is 0 Å². The SMILES string of the molecule is CCCCCOC(CBr)c1ccccc1Br. The number of hydrogen-bond acceptors (Lipinski definition) is 1. The summed E-state index contributed by atoms with van der Waals surface area (Å²) < 4.78 is 7.00. The van der Waals surface area contributed by atoms with E-state index in [1.807, 2.05) is 12.1 Å². The van der Waals surface area contributed by atoms with Crippen molar-refractivity contribution < 1.29 is 4.74 Å². The third-order valence-corrected chi connectivity index (χ3v) is 3.77. The molecule has 0 heterocycles. The number of unbranched alkanes of at least 4 members (excludes halogenated alkanes) is 2. The van der Waals surface area contributed by atoms with E-state index in [-0.39, 0.29) is 6.10 Å². The van der Waals surface area contributed by atoms with Gasteiger partial charge in [-0.05, 0) is 18.1 Å². The lowest BCUT2D eigenvalue weighted by atomic mass is 10.1. The Morgan fingerprint density at radius 1 is 1.25 bits per heavy atom. The molecule has 1 atom stereocenters. The first-order valence-corrected chi connectivity index (χ1v) is 7.63. The van der Waals surface area contributed by atoms with Gasteiger partial charge in [0.1, 0.15) is 0 Å². The minimum Gasteiger partial charge on any atom is -0.373 e. The van der Waals surface area contributed by atoms with E-state index in [9.17, 15) is 0 Å². The lowest BCUT2D eigenvalue weighted by Crippen LogP contribution is -2.07. The molecule has 0 aliphatic heterocycles. The Kier molecular flexibility index (Phi) is 7.33. The summed E-state index contributed by atoms with van der Waals surface area (Å²) in [6, 6.07) is 8.23. The quantitative estimate of drug-likeness (QED) is 0.492. The maximum atomic E-state index is 5.88. The third-order valence-electron chi connectivity index (χ3n) is 2.46. The highest BCUT2D eigenvalue weighted by Gasteiger charge is 2.12. The molecule has 0 bridgehead atoms. The molecule has 0 saturated carbocycles. The van der Waals surface area contributed by atoms with Crippen LogP contribution in [0, 0.1) is 0 Å². The van der Waals surface area contributed by atoms with Gasteiger partial charge in [0.15, 0.2) is 0 Å². The van der Waals surface area contributed by atoms with E-state index < -0.39 is 0 Å². The number of rotatable bonds is 7. The number of alkyl halides is 1. The van der Waals surface area contributed by atoms with E-state index in [1.165, 1.54) is 18.4 Å². The van der Waals surface area contributed by atoms with Gasteiger partial charge in [-0.25, -0.2) is 0 Å². The van der Waals surface area contributed by atoms with Crippen molar-refractivity contribution in [3.05, 3.63) is 34.3 Å². The van der Waals surface area contributed by atoms with E-state index >= 15 is 0 Å². The molecule has 1 aromatic carbocycles. The predicted molar refractivity (Wildman–Crippen MR) is 76.2 cm³/mol. The summed E-state index contributed by atoms with van der Waals surface area (Å²) in [4.78, 5) is 0. The van der Waals surface area contributed by atoms with Crippen molar-refractivity contribution in [2.75, 3.05) is 11.9 Å². The number of ether oxygens (including phenoxy) is 1. The van der Waals surface area contributed by atoms with Gasteiger partial charge in [-0.15, -0.1) is 0 Å². The molecule has 90 valence electrons. The Hall–Kier alpha value is 0.140. The molecular formula is C13H18Br2O. The van der Waals surface area contributed by atoms with Gasteiger partial charge in [-0.3, -0.25) is 0 Å². The fraction of sp³-hybridized carbons (Fsp3) is 0.538. The zero-order chi connectivity index (χ0) is 11.8. The minimum absolute atomic E-state index is 0.146. The minimum atomic E-state index is 0.146. The molecule has 16 heavy (non-hydrogen) atoms. The van der Waals surface area contributed by atoms with Gasteiger partial charge in [0, 0.05) is 16.4 Å². The summed E-state index contributed by atoms with van der Waals surface area (Å²) in [7, 11) is 0. The van der Waals surface area contributed by atoms with Crippen LogP contribution in [-0.2, 0) is 4.74 Å². The second-order valence-electron chi connectivity index (χ2n) is 3.74. The first-order valence-electron chi connectivity index (χ1n) is 5.71. The Labute approximate surface area is 115 Å². The van der Waals surface area contributed by atoms with Gasteiger partial charge in [0.25, 0.3) is 0 Å². The summed E-state index contributed by atoms with van der Waals surface area (Å²) in [5.74, 6) is 0. The van der Waals surface area contributed by atoms with Crippen LogP contribution in [0.2, 0.25) is 0 Å². The second-order valence-corrected chi connectivity index (χ2v) is 5.24. The van der Waals surface area contributed by atoms with Crippen LogP contribution >= 0.6 is 31.9 Å². The smallest absolute Gasteiger partial charge is 0.0932 e. The van der Waals surface area contributed by atoms with Crippen LogP contribution in [0.1, 0.15) is 37.9 Å². The monoisotopic (exact) mass is 348 g/mol. The zero-order valence-corrected chi connectivity index (χ0v) is 12.8. The normalized spacial score (nSPS) is 12.7. The van der Waals surface area contributed by atoms with Gasteiger partial charge < -0.3 is 4.74 Å². The molecule has 0 fully saturated rings. The van der Waals surface area contributed by atoms with Crippen LogP contribution < -0.4 is 0 Å². The average molecular weight is 350 g/mol. The molecule has 1 unspecified atom stereocenters. The van der Waals surface area contributed by atoms with Crippen molar-refractivity contribution in [1.29, 1.82) is 0 Å². The Morgan fingerprint density at radius 2 is 2.00 bits per heavy atom. The molecule has 1 rings (SSSR count). The van der Waals surface area contributed by atoms with Crippen LogP contribution in [0.15, 0.2) is 28.7 Å². The van der Waals surface area contributed by atoms with E-state index in [4.69, 9.17) is 4.74 Å². The first-order chi connectivity index (χ1) is 7.79. The molecule has 0 aliphatic rings. The van der Waals surface area contributed by atoms with E-state index in [0.29, 0.717) is 0 Å². The summed E-state index contributed by atoms with van der Waals surface area (Å²) in [6.45, 7) is 3.04. The fourth-order valence-corrected chi connectivity index (χ4v) is 2.61. The first kappa shape index (κ1) is 14.2. The van der Waals surface area contributed by atoms with Gasteiger partial charge in [-0.2, -0.15) is 0 Å². The van der Waals surface area contributed by atoms with Crippen molar-refractivity contribution >= 4 is 31.9 Å². The molecule has 1 aromatic rings. The summed E-state index contributed by atoms with van der Waals surface area (Å²) in [5.41, 5.74) is 1.22. The Bertz CT molecular complexity index is 302. The Balaban J connectivity index is 2.51. The maximum absolute atomic E-state index is 5.88. The molecule has 1 nitrogen and oxygen atoms in total. The van der Waals surface area contributed by atoms with Gasteiger partial charge in [0.05, 0.1) is 6.10 Å². The standard InChI is InChI=1S/C13H18Br2O/c1-2-3-6-9-16-13(10-14)11-7-4-5-8-12(11)15/h4-5,7-8,13H,2-3,6,9-10H2,1H3. The highest BCUT2D eigenvalue weighted by atomic mass is 79.9. The summed E-state index contributed by atoms with van der Waals surface area (Å²) in [5, 5.41) is 0.835. The molecular weight excluding hydrogens is 332 g/mol. The maximum Gasteiger partial charge on any atom is 0.0932 e. The zero-order valence-electron chi connectivity index (χ0n) is 9.59. The third kappa shape index (κ3) is 4.56. The number of hydrogen-bond donors (Lipinski definition) is 0. The molecule has 0 amide bonds. The lowest BCUT2D eigenvalue weighted by molar-refractivity contribution is 0.0665. The van der Waals surface area contributed by atoms with E-state index in [2.05, 4.69) is 50.9 Å². The number of benzene rings is 1. The molecule has 0 radical (unpaired) electrons. The van der Waals surface area contributed by atoms with Crippen LogP contribution in [0.3, 0.4) is 0 Å². The molecule has 3 heteroatoms. The van der Waals surface area contributed by atoms with Crippen molar-refractivity contribution in [3.8, 4) is 0 Å². The largest absolute Gasteiger partial charge is 0.373 e.